The fraction of sp³-hybridized carbons (Fsp3) is 0.0667. The lowest BCUT2D eigenvalue weighted by molar-refractivity contribution is 0.238. The van der Waals surface area contributed by atoms with E-state index >= 15 is 0 Å². The summed E-state index contributed by atoms with van der Waals surface area (Å²) in [7, 11) is 0. The molecule has 17 heavy (non-hydrogen) atoms. The Bertz CT molecular complexity index is 552. The summed E-state index contributed by atoms with van der Waals surface area (Å²) in [6, 6.07) is 15.3. The SMILES string of the molecule is OC(C#Cc1ccccc1F)c1ccccc1. The van der Waals surface area contributed by atoms with E-state index in [1.807, 2.05) is 18.2 Å². The van der Waals surface area contributed by atoms with Crippen molar-refractivity contribution < 1.29 is 9.50 Å². The van der Waals surface area contributed by atoms with Gasteiger partial charge in [0.2, 0.25) is 0 Å². The summed E-state index contributed by atoms with van der Waals surface area (Å²) in [5, 5.41) is 9.78. The molecule has 2 heteroatoms. The Morgan fingerprint density at radius 1 is 0.941 bits per heavy atom. The zero-order valence-electron chi connectivity index (χ0n) is 9.10. The van der Waals surface area contributed by atoms with Crippen LogP contribution in [0.5, 0.6) is 0 Å². The third-order valence-corrected chi connectivity index (χ3v) is 2.33. The Kier molecular flexibility index (Phi) is 3.54. The topological polar surface area (TPSA) is 20.2 Å². The molecule has 0 aromatic heterocycles. The van der Waals surface area contributed by atoms with Gasteiger partial charge in [-0.15, -0.1) is 0 Å². The van der Waals surface area contributed by atoms with Crippen LogP contribution in [0.1, 0.15) is 17.2 Å². The molecule has 0 radical (unpaired) electrons. The predicted molar refractivity (Wildman–Crippen MR) is 64.7 cm³/mol. The summed E-state index contributed by atoms with van der Waals surface area (Å²) >= 11 is 0. The lowest BCUT2D eigenvalue weighted by Gasteiger charge is -2.01. The second kappa shape index (κ2) is 5.29. The van der Waals surface area contributed by atoms with Crippen molar-refractivity contribution in [2.75, 3.05) is 0 Å². The minimum Gasteiger partial charge on any atom is -0.376 e. The van der Waals surface area contributed by atoms with Crippen molar-refractivity contribution in [3.8, 4) is 11.8 Å². The van der Waals surface area contributed by atoms with Crippen LogP contribution in [-0.2, 0) is 0 Å². The molecule has 0 amide bonds. The van der Waals surface area contributed by atoms with E-state index < -0.39 is 6.10 Å². The lowest BCUT2D eigenvalue weighted by Crippen LogP contribution is -1.93. The molecule has 2 rings (SSSR count). The number of halogens is 1. The second-order valence-corrected chi connectivity index (χ2v) is 3.56. The van der Waals surface area contributed by atoms with Gasteiger partial charge in [0.15, 0.2) is 0 Å². The third-order valence-electron chi connectivity index (χ3n) is 2.33. The van der Waals surface area contributed by atoms with Gasteiger partial charge in [0.05, 0.1) is 5.56 Å². The van der Waals surface area contributed by atoms with Crippen molar-refractivity contribution in [1.82, 2.24) is 0 Å². The Morgan fingerprint density at radius 3 is 2.29 bits per heavy atom. The number of rotatable bonds is 1. The molecule has 1 unspecified atom stereocenters. The molecule has 0 spiro atoms. The minimum absolute atomic E-state index is 0.294. The maximum atomic E-state index is 13.3. The van der Waals surface area contributed by atoms with Gasteiger partial charge in [0.25, 0.3) is 0 Å². The van der Waals surface area contributed by atoms with Crippen LogP contribution in [0.25, 0.3) is 0 Å². The maximum Gasteiger partial charge on any atom is 0.140 e. The van der Waals surface area contributed by atoms with Crippen LogP contribution in [0.3, 0.4) is 0 Å². The first-order chi connectivity index (χ1) is 8.27. The largest absolute Gasteiger partial charge is 0.376 e. The smallest absolute Gasteiger partial charge is 0.140 e. The first-order valence-electron chi connectivity index (χ1n) is 5.26. The van der Waals surface area contributed by atoms with Crippen molar-refractivity contribution in [1.29, 1.82) is 0 Å². The number of benzene rings is 2. The first-order valence-corrected chi connectivity index (χ1v) is 5.26. The molecule has 0 aliphatic carbocycles. The normalized spacial score (nSPS) is 11.4. The molecule has 0 bridgehead atoms. The van der Waals surface area contributed by atoms with E-state index in [4.69, 9.17) is 0 Å². The number of hydrogen-bond donors (Lipinski definition) is 1. The van der Waals surface area contributed by atoms with E-state index in [1.165, 1.54) is 6.07 Å². The average molecular weight is 226 g/mol. The van der Waals surface area contributed by atoms with Gasteiger partial charge in [-0.2, -0.15) is 0 Å². The van der Waals surface area contributed by atoms with Crippen LogP contribution in [0, 0.1) is 17.7 Å². The molecule has 1 N–H and O–H groups in total. The van der Waals surface area contributed by atoms with Gasteiger partial charge in [-0.05, 0) is 17.7 Å². The molecule has 2 aromatic carbocycles. The van der Waals surface area contributed by atoms with Crippen molar-refractivity contribution in [3.05, 3.63) is 71.5 Å². The van der Waals surface area contributed by atoms with Gasteiger partial charge >= 0.3 is 0 Å². The molecule has 84 valence electrons. The van der Waals surface area contributed by atoms with Gasteiger partial charge in [0, 0.05) is 0 Å². The molecular weight excluding hydrogens is 215 g/mol. The van der Waals surface area contributed by atoms with Crippen molar-refractivity contribution >= 4 is 0 Å². The van der Waals surface area contributed by atoms with Crippen LogP contribution in [0.2, 0.25) is 0 Å². The van der Waals surface area contributed by atoms with E-state index in [-0.39, 0.29) is 5.82 Å². The second-order valence-electron chi connectivity index (χ2n) is 3.56. The Balaban J connectivity index is 2.21. The highest BCUT2D eigenvalue weighted by Gasteiger charge is 2.02. The Morgan fingerprint density at radius 2 is 1.59 bits per heavy atom. The summed E-state index contributed by atoms with van der Waals surface area (Å²) < 4.78 is 13.3. The highest BCUT2D eigenvalue weighted by atomic mass is 19.1. The number of hydrogen-bond acceptors (Lipinski definition) is 1. The van der Waals surface area contributed by atoms with Crippen LogP contribution < -0.4 is 0 Å². The molecule has 0 aliphatic rings. The van der Waals surface area contributed by atoms with Crippen LogP contribution in [-0.4, -0.2) is 5.11 Å². The fourth-order valence-corrected chi connectivity index (χ4v) is 1.43. The summed E-state index contributed by atoms with van der Waals surface area (Å²) in [6.45, 7) is 0. The first kappa shape index (κ1) is 11.4. The van der Waals surface area contributed by atoms with Gasteiger partial charge in [-0.3, -0.25) is 0 Å². The molecule has 0 saturated heterocycles. The highest BCUT2D eigenvalue weighted by molar-refractivity contribution is 5.37. The quantitative estimate of drug-likeness (QED) is 0.741. The molecule has 0 aliphatic heterocycles. The molecule has 0 saturated carbocycles. The number of aliphatic hydroxyl groups excluding tert-OH is 1. The summed E-state index contributed by atoms with van der Waals surface area (Å²) in [5.41, 5.74) is 0.999. The summed E-state index contributed by atoms with van der Waals surface area (Å²) in [5.74, 6) is 4.88. The fourth-order valence-electron chi connectivity index (χ4n) is 1.43. The van der Waals surface area contributed by atoms with E-state index in [2.05, 4.69) is 11.8 Å². The number of aliphatic hydroxyl groups is 1. The van der Waals surface area contributed by atoms with Gasteiger partial charge in [0.1, 0.15) is 11.9 Å². The van der Waals surface area contributed by atoms with Crippen molar-refractivity contribution in [2.24, 2.45) is 0 Å². The van der Waals surface area contributed by atoms with Gasteiger partial charge < -0.3 is 5.11 Å². The Hall–Kier alpha value is -2.11. The van der Waals surface area contributed by atoms with E-state index in [1.54, 1.807) is 30.3 Å². The summed E-state index contributed by atoms with van der Waals surface area (Å²) in [6.07, 6.45) is -0.893. The molecule has 1 nitrogen and oxygen atoms in total. The molecular formula is C15H11FO. The van der Waals surface area contributed by atoms with Gasteiger partial charge in [-0.1, -0.05) is 54.3 Å². The zero-order chi connectivity index (χ0) is 12.1. The standard InChI is InChI=1S/C15H11FO/c16-14-9-5-4-6-12(14)10-11-15(17)13-7-2-1-3-8-13/h1-9,15,17H. The van der Waals surface area contributed by atoms with Crippen molar-refractivity contribution in [3.63, 3.8) is 0 Å². The van der Waals surface area contributed by atoms with E-state index in [9.17, 15) is 9.50 Å². The van der Waals surface area contributed by atoms with E-state index in [0.29, 0.717) is 11.1 Å². The van der Waals surface area contributed by atoms with Crippen molar-refractivity contribution in [2.45, 2.75) is 6.10 Å². The van der Waals surface area contributed by atoms with Gasteiger partial charge in [-0.25, -0.2) is 4.39 Å². The van der Waals surface area contributed by atoms with Crippen LogP contribution in [0.15, 0.2) is 54.6 Å². The minimum atomic E-state index is -0.893. The monoisotopic (exact) mass is 226 g/mol. The molecule has 1 atom stereocenters. The predicted octanol–water partition coefficient (Wildman–Crippen LogP) is 2.91. The molecule has 0 fully saturated rings. The highest BCUT2D eigenvalue weighted by Crippen LogP contribution is 2.11. The zero-order valence-corrected chi connectivity index (χ0v) is 9.10. The Labute approximate surface area is 99.5 Å². The van der Waals surface area contributed by atoms with Crippen LogP contribution >= 0.6 is 0 Å². The van der Waals surface area contributed by atoms with Crippen LogP contribution in [0.4, 0.5) is 4.39 Å². The molecule has 2 aromatic rings. The third kappa shape index (κ3) is 2.93. The average Bonchev–Trinajstić information content (AvgIpc) is 2.38. The summed E-state index contributed by atoms with van der Waals surface area (Å²) in [4.78, 5) is 0. The van der Waals surface area contributed by atoms with E-state index in [0.717, 1.165) is 0 Å². The molecule has 0 heterocycles. The lowest BCUT2D eigenvalue weighted by atomic mass is 10.1. The maximum absolute atomic E-state index is 13.3.